The maximum Gasteiger partial charge on any atom is 0.255 e. The third kappa shape index (κ3) is 3.90. The van der Waals surface area contributed by atoms with E-state index in [0.717, 1.165) is 28.1 Å². The van der Waals surface area contributed by atoms with E-state index in [2.05, 4.69) is 10.3 Å². The summed E-state index contributed by atoms with van der Waals surface area (Å²) in [7, 11) is 1.90. The fourth-order valence-electron chi connectivity index (χ4n) is 4.59. The number of fused-ring (bicyclic) bond motifs is 1. The Bertz CT molecular complexity index is 1350. The van der Waals surface area contributed by atoms with E-state index in [1.54, 1.807) is 18.5 Å². The third-order valence-corrected chi connectivity index (χ3v) is 6.28. The summed E-state index contributed by atoms with van der Waals surface area (Å²) in [5.41, 5.74) is 5.32. The van der Waals surface area contributed by atoms with Crippen molar-refractivity contribution in [2.24, 2.45) is 7.05 Å². The molecule has 0 saturated carbocycles. The van der Waals surface area contributed by atoms with Gasteiger partial charge in [-0.15, -0.1) is 12.4 Å². The van der Waals surface area contributed by atoms with Gasteiger partial charge in [-0.05, 0) is 37.1 Å². The van der Waals surface area contributed by atoms with Gasteiger partial charge in [0.25, 0.3) is 5.91 Å². The highest BCUT2D eigenvalue weighted by atomic mass is 35.5. The van der Waals surface area contributed by atoms with E-state index in [1.165, 1.54) is 11.8 Å². The van der Waals surface area contributed by atoms with Crippen molar-refractivity contribution in [3.8, 4) is 22.5 Å². The minimum atomic E-state index is -0.647. The molecule has 34 heavy (non-hydrogen) atoms. The molecule has 1 N–H and O–H groups in total. The fourth-order valence-corrected chi connectivity index (χ4v) is 4.59. The Balaban J connectivity index is 0.00000274. The van der Waals surface area contributed by atoms with Gasteiger partial charge in [-0.3, -0.25) is 24.5 Å². The van der Waals surface area contributed by atoms with Crippen LogP contribution in [-0.2, 0) is 23.2 Å². The standard InChI is InChI=1S/C25H22N4O4.ClH/c1-14(30)15-4-3-5-17(10-15)23-22(26-13-28(23)2)16-6-7-19-18(11-16)12-29(25(19)33)20-8-9-21(31)27-24(20)32;/h3-7,10-11,13,20H,8-9,12H2,1-2H3,(H,27,31,32);1H. The molecule has 0 bridgehead atoms. The highest BCUT2D eigenvalue weighted by Crippen LogP contribution is 2.35. The summed E-state index contributed by atoms with van der Waals surface area (Å²) in [6, 6.07) is 12.3. The highest BCUT2D eigenvalue weighted by molar-refractivity contribution is 6.05. The van der Waals surface area contributed by atoms with Crippen molar-refractivity contribution in [2.75, 3.05) is 0 Å². The lowest BCUT2D eigenvalue weighted by molar-refractivity contribution is -0.136. The van der Waals surface area contributed by atoms with Crippen LogP contribution >= 0.6 is 12.4 Å². The molecule has 9 heteroatoms. The molecule has 1 atom stereocenters. The molecule has 5 rings (SSSR count). The first-order valence-corrected chi connectivity index (χ1v) is 10.7. The molecule has 3 amide bonds. The van der Waals surface area contributed by atoms with Crippen LogP contribution in [0.3, 0.4) is 0 Å². The number of amides is 3. The van der Waals surface area contributed by atoms with Crippen molar-refractivity contribution in [1.82, 2.24) is 19.8 Å². The van der Waals surface area contributed by atoms with Crippen LogP contribution in [0.5, 0.6) is 0 Å². The number of aromatic nitrogens is 2. The van der Waals surface area contributed by atoms with E-state index in [4.69, 9.17) is 0 Å². The van der Waals surface area contributed by atoms with Gasteiger partial charge in [0.15, 0.2) is 5.78 Å². The number of hydrogen-bond donors (Lipinski definition) is 1. The van der Waals surface area contributed by atoms with Crippen molar-refractivity contribution in [2.45, 2.75) is 32.4 Å². The molecular weight excluding hydrogens is 456 g/mol. The number of piperidine rings is 1. The normalized spacial score (nSPS) is 17.3. The molecule has 1 fully saturated rings. The summed E-state index contributed by atoms with van der Waals surface area (Å²) in [6.45, 7) is 1.84. The summed E-state index contributed by atoms with van der Waals surface area (Å²) in [4.78, 5) is 54.7. The summed E-state index contributed by atoms with van der Waals surface area (Å²) < 4.78 is 1.91. The van der Waals surface area contributed by atoms with Gasteiger partial charge in [0.05, 0.1) is 17.7 Å². The zero-order valence-electron chi connectivity index (χ0n) is 18.7. The van der Waals surface area contributed by atoms with Crippen LogP contribution in [0.2, 0.25) is 0 Å². The van der Waals surface area contributed by atoms with Gasteiger partial charge in [-0.2, -0.15) is 0 Å². The van der Waals surface area contributed by atoms with Crippen LogP contribution in [0, 0.1) is 0 Å². The summed E-state index contributed by atoms with van der Waals surface area (Å²) >= 11 is 0. The largest absolute Gasteiger partial charge is 0.333 e. The first kappa shape index (κ1) is 23.4. The molecule has 1 saturated heterocycles. The minimum absolute atomic E-state index is 0. The number of rotatable bonds is 4. The van der Waals surface area contributed by atoms with Crippen LogP contribution in [0.4, 0.5) is 0 Å². The Hall–Kier alpha value is -3.78. The predicted octanol–water partition coefficient (Wildman–Crippen LogP) is 3.14. The molecule has 2 aromatic carbocycles. The zero-order valence-corrected chi connectivity index (χ0v) is 19.5. The maximum atomic E-state index is 13.0. The van der Waals surface area contributed by atoms with E-state index in [-0.39, 0.29) is 36.4 Å². The molecule has 174 valence electrons. The molecule has 0 spiro atoms. The second-order valence-corrected chi connectivity index (χ2v) is 8.46. The van der Waals surface area contributed by atoms with Crippen LogP contribution in [0.25, 0.3) is 22.5 Å². The third-order valence-electron chi connectivity index (χ3n) is 6.28. The molecule has 2 aliphatic rings. The summed E-state index contributed by atoms with van der Waals surface area (Å²) in [5.74, 6) is -0.948. The minimum Gasteiger partial charge on any atom is -0.333 e. The molecule has 1 aromatic heterocycles. The SMILES string of the molecule is CC(=O)c1cccc(-c2c(-c3ccc4c(c3)CN(C3CCC(=O)NC3=O)C4=O)ncn2C)c1.Cl. The first-order valence-electron chi connectivity index (χ1n) is 10.7. The fraction of sp³-hybridized carbons (Fsp3) is 0.240. The van der Waals surface area contributed by atoms with Gasteiger partial charge in [0.2, 0.25) is 11.8 Å². The lowest BCUT2D eigenvalue weighted by Gasteiger charge is -2.29. The zero-order chi connectivity index (χ0) is 23.3. The second kappa shape index (κ2) is 8.87. The molecular formula is C25H23ClN4O4. The van der Waals surface area contributed by atoms with Gasteiger partial charge in [-0.25, -0.2) is 4.98 Å². The van der Waals surface area contributed by atoms with Crippen molar-refractivity contribution in [3.63, 3.8) is 0 Å². The van der Waals surface area contributed by atoms with E-state index in [9.17, 15) is 19.2 Å². The average molecular weight is 479 g/mol. The predicted molar refractivity (Wildman–Crippen MR) is 127 cm³/mol. The lowest BCUT2D eigenvalue weighted by atomic mass is 9.99. The molecule has 2 aliphatic heterocycles. The number of imide groups is 1. The Morgan fingerprint density at radius 3 is 2.62 bits per heavy atom. The Morgan fingerprint density at radius 1 is 1.09 bits per heavy atom. The maximum absolute atomic E-state index is 13.0. The number of Topliss-reactive ketones (excluding diaryl/α,β-unsaturated/α-hetero) is 1. The van der Waals surface area contributed by atoms with Gasteiger partial charge in [0, 0.05) is 42.3 Å². The van der Waals surface area contributed by atoms with Gasteiger partial charge < -0.3 is 9.47 Å². The van der Waals surface area contributed by atoms with Crippen molar-refractivity contribution in [3.05, 3.63) is 65.5 Å². The number of hydrogen-bond acceptors (Lipinski definition) is 5. The molecule has 8 nitrogen and oxygen atoms in total. The molecule has 3 heterocycles. The number of ketones is 1. The van der Waals surface area contributed by atoms with Crippen LogP contribution in [-0.4, -0.2) is 44.0 Å². The van der Waals surface area contributed by atoms with Crippen LogP contribution in [0.15, 0.2) is 48.8 Å². The monoisotopic (exact) mass is 478 g/mol. The number of carbonyl (C=O) groups excluding carboxylic acids is 4. The number of nitrogens with zero attached hydrogens (tertiary/aromatic N) is 3. The van der Waals surface area contributed by atoms with Crippen molar-refractivity contribution < 1.29 is 19.2 Å². The highest BCUT2D eigenvalue weighted by Gasteiger charge is 2.39. The topological polar surface area (TPSA) is 101 Å². The van der Waals surface area contributed by atoms with E-state index >= 15 is 0 Å². The van der Waals surface area contributed by atoms with Crippen LogP contribution < -0.4 is 5.32 Å². The van der Waals surface area contributed by atoms with Gasteiger partial charge in [0.1, 0.15) is 6.04 Å². The van der Waals surface area contributed by atoms with Crippen LogP contribution in [0.1, 0.15) is 46.0 Å². The number of imidazole rings is 1. The number of nitrogens with one attached hydrogen (secondary N) is 1. The molecule has 0 aliphatic carbocycles. The number of halogens is 1. The summed E-state index contributed by atoms with van der Waals surface area (Å²) in [6.07, 6.45) is 2.27. The molecule has 1 unspecified atom stereocenters. The van der Waals surface area contributed by atoms with E-state index < -0.39 is 11.9 Å². The lowest BCUT2D eigenvalue weighted by Crippen LogP contribution is -2.52. The quantitative estimate of drug-likeness (QED) is 0.458. The van der Waals surface area contributed by atoms with Crippen molar-refractivity contribution >= 4 is 35.9 Å². The first-order chi connectivity index (χ1) is 15.8. The second-order valence-electron chi connectivity index (χ2n) is 8.46. The number of carbonyl (C=O) groups is 4. The van der Waals surface area contributed by atoms with E-state index in [1.807, 2.05) is 41.9 Å². The Morgan fingerprint density at radius 2 is 1.88 bits per heavy atom. The van der Waals surface area contributed by atoms with Gasteiger partial charge >= 0.3 is 0 Å². The molecule has 0 radical (unpaired) electrons. The smallest absolute Gasteiger partial charge is 0.255 e. The van der Waals surface area contributed by atoms with Crippen molar-refractivity contribution in [1.29, 1.82) is 0 Å². The Labute approximate surface area is 202 Å². The average Bonchev–Trinajstić information content (AvgIpc) is 3.33. The number of aryl methyl sites for hydroxylation is 1. The van der Waals surface area contributed by atoms with E-state index in [0.29, 0.717) is 24.1 Å². The van der Waals surface area contributed by atoms with Gasteiger partial charge in [-0.1, -0.05) is 24.3 Å². The molecule has 3 aromatic rings. The Kier molecular flexibility index (Phi) is 6.10. The number of benzene rings is 2. The summed E-state index contributed by atoms with van der Waals surface area (Å²) in [5, 5.41) is 2.32.